The molecular weight excluding hydrogens is 356 g/mol. The number of hydrogen-bond acceptors (Lipinski definition) is 5. The Balaban J connectivity index is 3.39. The van der Waals surface area contributed by atoms with Crippen LogP contribution in [0.15, 0.2) is 24.3 Å². The van der Waals surface area contributed by atoms with Crippen LogP contribution >= 0.6 is 0 Å². The Morgan fingerprint density at radius 3 is 2.04 bits per heavy atom. The van der Waals surface area contributed by atoms with Crippen molar-refractivity contribution < 1.29 is 24.2 Å². The minimum absolute atomic E-state index is 0.133. The molecule has 162 valence electrons. The molecule has 0 aliphatic rings. The number of aliphatic hydroxyl groups excluding tert-OH is 1. The second kappa shape index (κ2) is 20.1. The second-order valence-electron chi connectivity index (χ2n) is 7.12. The van der Waals surface area contributed by atoms with Gasteiger partial charge in [0.1, 0.15) is 19.3 Å². The number of allylic oxidation sites excluding steroid dienone is 4. The van der Waals surface area contributed by atoms with E-state index in [4.69, 9.17) is 4.74 Å². The van der Waals surface area contributed by atoms with Crippen LogP contribution in [0.5, 0.6) is 0 Å². The van der Waals surface area contributed by atoms with Crippen molar-refractivity contribution in [1.29, 1.82) is 0 Å². The normalized spacial score (nSPS) is 12.5. The van der Waals surface area contributed by atoms with Gasteiger partial charge in [-0.15, -0.1) is 0 Å². The van der Waals surface area contributed by atoms with Gasteiger partial charge in [0.2, 0.25) is 0 Å². The summed E-state index contributed by atoms with van der Waals surface area (Å²) in [6, 6.07) is 0. The summed E-state index contributed by atoms with van der Waals surface area (Å²) in [4.78, 5) is 22.2. The molecule has 28 heavy (non-hydrogen) atoms. The molecule has 5 nitrogen and oxygen atoms in total. The van der Waals surface area contributed by atoms with Crippen LogP contribution in [0.3, 0.4) is 0 Å². The van der Waals surface area contributed by atoms with Gasteiger partial charge in [-0.3, -0.25) is 9.59 Å². The summed E-state index contributed by atoms with van der Waals surface area (Å²) >= 11 is 0. The van der Waals surface area contributed by atoms with Gasteiger partial charge < -0.3 is 14.6 Å². The average molecular weight is 397 g/mol. The Kier molecular flexibility index (Phi) is 19.0. The SMILES string of the molecule is CCCCC/C=C\C/C=C\CCCCCCCC(=O)OCC(O)COC(C)=O. The van der Waals surface area contributed by atoms with Gasteiger partial charge in [-0.2, -0.15) is 0 Å². The molecule has 0 saturated heterocycles. The zero-order valence-corrected chi connectivity index (χ0v) is 17.9. The van der Waals surface area contributed by atoms with Crippen molar-refractivity contribution in [3.63, 3.8) is 0 Å². The van der Waals surface area contributed by atoms with Crippen LogP contribution < -0.4 is 0 Å². The van der Waals surface area contributed by atoms with Crippen molar-refractivity contribution in [1.82, 2.24) is 0 Å². The van der Waals surface area contributed by atoms with Gasteiger partial charge in [0, 0.05) is 13.3 Å². The highest BCUT2D eigenvalue weighted by Crippen LogP contribution is 2.09. The smallest absolute Gasteiger partial charge is 0.305 e. The maximum absolute atomic E-state index is 11.6. The van der Waals surface area contributed by atoms with E-state index in [1.54, 1.807) is 0 Å². The fourth-order valence-electron chi connectivity index (χ4n) is 2.60. The van der Waals surface area contributed by atoms with Crippen molar-refractivity contribution in [2.75, 3.05) is 13.2 Å². The molecule has 0 aromatic rings. The Labute approximate surface area is 171 Å². The van der Waals surface area contributed by atoms with Gasteiger partial charge in [-0.25, -0.2) is 0 Å². The van der Waals surface area contributed by atoms with Crippen molar-refractivity contribution in [3.05, 3.63) is 24.3 Å². The van der Waals surface area contributed by atoms with Gasteiger partial charge in [-0.1, -0.05) is 63.3 Å². The minimum atomic E-state index is -0.961. The Morgan fingerprint density at radius 2 is 1.39 bits per heavy atom. The number of carbonyl (C=O) groups is 2. The highest BCUT2D eigenvalue weighted by atomic mass is 16.6. The van der Waals surface area contributed by atoms with E-state index in [0.29, 0.717) is 6.42 Å². The second-order valence-corrected chi connectivity index (χ2v) is 7.12. The molecule has 0 aromatic heterocycles. The van der Waals surface area contributed by atoms with E-state index in [2.05, 4.69) is 36.0 Å². The maximum Gasteiger partial charge on any atom is 0.305 e. The topological polar surface area (TPSA) is 72.8 Å². The predicted molar refractivity (Wildman–Crippen MR) is 113 cm³/mol. The summed E-state index contributed by atoms with van der Waals surface area (Å²) < 4.78 is 9.60. The first-order valence-corrected chi connectivity index (χ1v) is 10.8. The Morgan fingerprint density at radius 1 is 0.821 bits per heavy atom. The summed E-state index contributed by atoms with van der Waals surface area (Å²) in [5, 5.41) is 9.49. The molecule has 0 bridgehead atoms. The largest absolute Gasteiger partial charge is 0.463 e. The quantitative estimate of drug-likeness (QED) is 0.194. The molecule has 0 aromatic carbocycles. The van der Waals surface area contributed by atoms with E-state index in [1.807, 2.05) is 0 Å². The Hall–Kier alpha value is -1.62. The third-order valence-electron chi connectivity index (χ3n) is 4.25. The number of esters is 2. The Bertz CT molecular complexity index is 442. The predicted octanol–water partition coefficient (Wildman–Crippen LogP) is 5.27. The van der Waals surface area contributed by atoms with E-state index in [1.165, 1.54) is 45.4 Å². The van der Waals surface area contributed by atoms with E-state index in [9.17, 15) is 14.7 Å². The van der Waals surface area contributed by atoms with Crippen LogP contribution in [0.4, 0.5) is 0 Å². The molecule has 5 heteroatoms. The summed E-state index contributed by atoms with van der Waals surface area (Å²) in [7, 11) is 0. The summed E-state index contributed by atoms with van der Waals surface area (Å²) in [6.45, 7) is 3.21. The first-order valence-electron chi connectivity index (χ1n) is 10.8. The van der Waals surface area contributed by atoms with E-state index >= 15 is 0 Å². The third-order valence-corrected chi connectivity index (χ3v) is 4.25. The van der Waals surface area contributed by atoms with Crippen LogP contribution in [0.25, 0.3) is 0 Å². The van der Waals surface area contributed by atoms with Crippen molar-refractivity contribution in [3.8, 4) is 0 Å². The highest BCUT2D eigenvalue weighted by Gasteiger charge is 2.10. The minimum Gasteiger partial charge on any atom is -0.463 e. The van der Waals surface area contributed by atoms with E-state index in [-0.39, 0.29) is 19.2 Å². The third kappa shape index (κ3) is 20.7. The molecule has 0 aliphatic heterocycles. The van der Waals surface area contributed by atoms with E-state index < -0.39 is 12.1 Å². The van der Waals surface area contributed by atoms with Gasteiger partial charge >= 0.3 is 11.9 Å². The molecule has 0 spiro atoms. The summed E-state index contributed by atoms with van der Waals surface area (Å²) in [5.74, 6) is -0.775. The molecule has 0 radical (unpaired) electrons. The average Bonchev–Trinajstić information content (AvgIpc) is 2.67. The van der Waals surface area contributed by atoms with Crippen LogP contribution in [0.1, 0.15) is 90.9 Å². The van der Waals surface area contributed by atoms with Crippen molar-refractivity contribution >= 4 is 11.9 Å². The molecule has 1 unspecified atom stereocenters. The lowest BCUT2D eigenvalue weighted by atomic mass is 10.1. The fraction of sp³-hybridized carbons (Fsp3) is 0.739. The molecular formula is C23H40O5. The van der Waals surface area contributed by atoms with Crippen LogP contribution in [0, 0.1) is 0 Å². The molecule has 0 amide bonds. The molecule has 0 rings (SSSR count). The standard InChI is InChI=1S/C23H40O5/c1-3-4-5-6-7-8-9-10-11-12-13-14-15-16-17-18-23(26)28-20-22(25)19-27-21(2)24/h7-8,10-11,22,25H,3-6,9,12-20H2,1-2H3/b8-7-,11-10-. The highest BCUT2D eigenvalue weighted by molar-refractivity contribution is 5.69. The van der Waals surface area contributed by atoms with Gasteiger partial charge in [0.25, 0.3) is 0 Å². The van der Waals surface area contributed by atoms with Crippen LogP contribution in [-0.2, 0) is 19.1 Å². The molecule has 0 heterocycles. The molecule has 0 aliphatic carbocycles. The maximum atomic E-state index is 11.6. The number of ether oxygens (including phenoxy) is 2. The van der Waals surface area contributed by atoms with Gasteiger partial charge in [-0.05, 0) is 38.5 Å². The van der Waals surface area contributed by atoms with E-state index in [0.717, 1.165) is 32.1 Å². The lowest BCUT2D eigenvalue weighted by Gasteiger charge is -2.11. The number of rotatable bonds is 18. The van der Waals surface area contributed by atoms with Crippen LogP contribution in [0.2, 0.25) is 0 Å². The zero-order chi connectivity index (χ0) is 20.9. The number of unbranched alkanes of at least 4 members (excludes halogenated alkanes) is 8. The summed E-state index contributed by atoms with van der Waals surface area (Å²) in [5.41, 5.74) is 0. The summed E-state index contributed by atoms with van der Waals surface area (Å²) in [6.07, 6.45) is 21.0. The first kappa shape index (κ1) is 26.4. The van der Waals surface area contributed by atoms with Crippen LogP contribution in [-0.4, -0.2) is 36.4 Å². The number of aliphatic hydroxyl groups is 1. The fourth-order valence-corrected chi connectivity index (χ4v) is 2.60. The van der Waals surface area contributed by atoms with Gasteiger partial charge in [0.05, 0.1) is 0 Å². The van der Waals surface area contributed by atoms with Crippen molar-refractivity contribution in [2.45, 2.75) is 97.0 Å². The monoisotopic (exact) mass is 396 g/mol. The molecule has 0 fully saturated rings. The zero-order valence-electron chi connectivity index (χ0n) is 17.9. The number of carbonyl (C=O) groups excluding carboxylic acids is 2. The first-order chi connectivity index (χ1) is 13.6. The van der Waals surface area contributed by atoms with Gasteiger partial charge in [0.15, 0.2) is 0 Å². The molecule has 1 atom stereocenters. The molecule has 0 saturated carbocycles. The lowest BCUT2D eigenvalue weighted by Crippen LogP contribution is -2.24. The molecule has 1 N–H and O–H groups in total. The van der Waals surface area contributed by atoms with Crippen molar-refractivity contribution in [2.24, 2.45) is 0 Å². The number of hydrogen-bond donors (Lipinski definition) is 1. The lowest BCUT2D eigenvalue weighted by molar-refractivity contribution is -0.151.